The fourth-order valence-corrected chi connectivity index (χ4v) is 0.532. The predicted octanol–water partition coefficient (Wildman–Crippen LogP) is 0.519. The molecule has 0 aromatic heterocycles. The molecule has 0 aliphatic heterocycles. The summed E-state index contributed by atoms with van der Waals surface area (Å²) in [5.41, 5.74) is 0.0156. The third-order valence-corrected chi connectivity index (χ3v) is 1.12. The van der Waals surface area contributed by atoms with E-state index in [0.29, 0.717) is 6.61 Å². The molecule has 0 radical (unpaired) electrons. The third kappa shape index (κ3) is 3.06. The molecule has 4 heteroatoms. The van der Waals surface area contributed by atoms with Gasteiger partial charge in [0.05, 0.1) is 6.61 Å². The quantitative estimate of drug-likeness (QED) is 0.350. The molecule has 0 heterocycles. The standard InChI is InChI=1S/C8H12N2O2/c1-4-12-6-7(5-9)8(11)10(2)3/h6H,4H2,1-3H3/b7-6+. The molecule has 0 aromatic carbocycles. The summed E-state index contributed by atoms with van der Waals surface area (Å²) in [5.74, 6) is -0.342. The zero-order chi connectivity index (χ0) is 9.56. The molecular formula is C8H12N2O2. The summed E-state index contributed by atoms with van der Waals surface area (Å²) in [6, 6.07) is 1.76. The molecule has 0 rings (SSSR count). The number of rotatable bonds is 3. The van der Waals surface area contributed by atoms with Gasteiger partial charge in [0.1, 0.15) is 12.3 Å². The Morgan fingerprint density at radius 1 is 1.67 bits per heavy atom. The second-order valence-corrected chi connectivity index (χ2v) is 2.30. The van der Waals surface area contributed by atoms with Crippen LogP contribution in [0.3, 0.4) is 0 Å². The SMILES string of the molecule is CCO/C=C(\C#N)C(=O)N(C)C. The predicted molar refractivity (Wildman–Crippen MR) is 44.0 cm³/mol. The molecule has 0 bridgehead atoms. The van der Waals surface area contributed by atoms with Gasteiger partial charge in [-0.3, -0.25) is 4.79 Å². The maximum atomic E-state index is 11.1. The van der Waals surface area contributed by atoms with Crippen LogP contribution >= 0.6 is 0 Å². The van der Waals surface area contributed by atoms with Crippen LogP contribution in [0.4, 0.5) is 0 Å². The molecule has 0 fully saturated rings. The number of hydrogen-bond acceptors (Lipinski definition) is 3. The molecule has 12 heavy (non-hydrogen) atoms. The molecular weight excluding hydrogens is 156 g/mol. The molecule has 0 unspecified atom stereocenters. The fraction of sp³-hybridized carbons (Fsp3) is 0.500. The number of nitriles is 1. The smallest absolute Gasteiger partial charge is 0.267 e. The monoisotopic (exact) mass is 168 g/mol. The van der Waals surface area contributed by atoms with Gasteiger partial charge in [-0.1, -0.05) is 0 Å². The van der Waals surface area contributed by atoms with Crippen molar-refractivity contribution in [1.82, 2.24) is 4.90 Å². The molecule has 66 valence electrons. The van der Waals surface area contributed by atoms with Crippen molar-refractivity contribution >= 4 is 5.91 Å². The van der Waals surface area contributed by atoms with Crippen LogP contribution in [-0.2, 0) is 9.53 Å². The van der Waals surface area contributed by atoms with E-state index >= 15 is 0 Å². The zero-order valence-electron chi connectivity index (χ0n) is 7.50. The Morgan fingerprint density at radius 3 is 2.58 bits per heavy atom. The minimum Gasteiger partial charge on any atom is -0.500 e. The number of likely N-dealkylation sites (N-methyl/N-ethyl adjacent to an activating group) is 1. The van der Waals surface area contributed by atoms with E-state index < -0.39 is 0 Å². The van der Waals surface area contributed by atoms with Crippen LogP contribution in [0.2, 0.25) is 0 Å². The van der Waals surface area contributed by atoms with E-state index in [4.69, 9.17) is 10.00 Å². The van der Waals surface area contributed by atoms with E-state index in [1.807, 2.05) is 0 Å². The lowest BCUT2D eigenvalue weighted by molar-refractivity contribution is -0.124. The lowest BCUT2D eigenvalue weighted by Gasteiger charge is -2.07. The molecule has 1 amide bonds. The van der Waals surface area contributed by atoms with Crippen LogP contribution in [-0.4, -0.2) is 31.5 Å². The summed E-state index contributed by atoms with van der Waals surface area (Å²) in [6.07, 6.45) is 1.18. The van der Waals surface area contributed by atoms with Gasteiger partial charge >= 0.3 is 0 Å². The lowest BCUT2D eigenvalue weighted by atomic mass is 10.3. The van der Waals surface area contributed by atoms with Crippen LogP contribution in [0.25, 0.3) is 0 Å². The Kier molecular flexibility index (Phi) is 4.54. The lowest BCUT2D eigenvalue weighted by Crippen LogP contribution is -2.23. The summed E-state index contributed by atoms with van der Waals surface area (Å²) in [7, 11) is 3.17. The van der Waals surface area contributed by atoms with Gasteiger partial charge in [0, 0.05) is 14.1 Å². The van der Waals surface area contributed by atoms with Gasteiger partial charge in [-0.25, -0.2) is 0 Å². The Hall–Kier alpha value is -1.50. The van der Waals surface area contributed by atoms with Crippen molar-refractivity contribution in [3.8, 4) is 6.07 Å². The molecule has 0 saturated heterocycles. The summed E-state index contributed by atoms with van der Waals surface area (Å²) < 4.78 is 4.83. The minimum absolute atomic E-state index is 0.0156. The van der Waals surface area contributed by atoms with Gasteiger partial charge in [0.2, 0.25) is 0 Å². The Balaban J connectivity index is 4.37. The maximum absolute atomic E-state index is 11.1. The Morgan fingerprint density at radius 2 is 2.25 bits per heavy atom. The average molecular weight is 168 g/mol. The molecule has 0 saturated carbocycles. The summed E-state index contributed by atoms with van der Waals surface area (Å²) in [6.45, 7) is 2.23. The normalized spacial score (nSPS) is 10.3. The van der Waals surface area contributed by atoms with Crippen LogP contribution in [0, 0.1) is 11.3 Å². The van der Waals surface area contributed by atoms with E-state index in [1.54, 1.807) is 27.1 Å². The van der Waals surface area contributed by atoms with Gasteiger partial charge in [-0.2, -0.15) is 5.26 Å². The largest absolute Gasteiger partial charge is 0.500 e. The first kappa shape index (κ1) is 10.5. The summed E-state index contributed by atoms with van der Waals surface area (Å²) in [5, 5.41) is 8.53. The van der Waals surface area contributed by atoms with Crippen LogP contribution in [0.15, 0.2) is 11.8 Å². The summed E-state index contributed by atoms with van der Waals surface area (Å²) >= 11 is 0. The van der Waals surface area contributed by atoms with Crippen molar-refractivity contribution in [2.75, 3.05) is 20.7 Å². The van der Waals surface area contributed by atoms with Crippen LogP contribution in [0.1, 0.15) is 6.92 Å². The first-order valence-corrected chi connectivity index (χ1v) is 3.57. The second-order valence-electron chi connectivity index (χ2n) is 2.30. The zero-order valence-corrected chi connectivity index (χ0v) is 7.50. The number of amides is 1. The van der Waals surface area contributed by atoms with Crippen molar-refractivity contribution in [3.05, 3.63) is 11.8 Å². The fourth-order valence-electron chi connectivity index (χ4n) is 0.532. The molecule has 0 atom stereocenters. The molecule has 0 aliphatic rings. The summed E-state index contributed by atoms with van der Waals surface area (Å²) in [4.78, 5) is 12.5. The van der Waals surface area contributed by atoms with E-state index in [9.17, 15) is 4.79 Å². The number of nitrogens with zero attached hydrogens (tertiary/aromatic N) is 2. The number of ether oxygens (including phenoxy) is 1. The Labute approximate surface area is 72.0 Å². The highest BCUT2D eigenvalue weighted by Crippen LogP contribution is 1.97. The van der Waals surface area contributed by atoms with Crippen molar-refractivity contribution in [2.45, 2.75) is 6.92 Å². The topological polar surface area (TPSA) is 53.3 Å². The molecule has 0 spiro atoms. The average Bonchev–Trinajstić information content (AvgIpc) is 2.05. The van der Waals surface area contributed by atoms with Gasteiger partial charge in [-0.15, -0.1) is 0 Å². The van der Waals surface area contributed by atoms with Gasteiger partial charge in [0.25, 0.3) is 5.91 Å². The van der Waals surface area contributed by atoms with Gasteiger partial charge in [-0.05, 0) is 6.92 Å². The van der Waals surface area contributed by atoms with Crippen molar-refractivity contribution < 1.29 is 9.53 Å². The highest BCUT2D eigenvalue weighted by atomic mass is 16.5. The van der Waals surface area contributed by atoms with E-state index in [2.05, 4.69) is 0 Å². The molecule has 0 N–H and O–H groups in total. The van der Waals surface area contributed by atoms with Gasteiger partial charge < -0.3 is 9.64 Å². The Bertz CT molecular complexity index is 226. The van der Waals surface area contributed by atoms with Crippen molar-refractivity contribution in [3.63, 3.8) is 0 Å². The van der Waals surface area contributed by atoms with Crippen molar-refractivity contribution in [2.24, 2.45) is 0 Å². The van der Waals surface area contributed by atoms with Gasteiger partial charge in [0.15, 0.2) is 5.57 Å². The van der Waals surface area contributed by atoms with E-state index in [0.717, 1.165) is 0 Å². The van der Waals surface area contributed by atoms with Crippen LogP contribution in [0.5, 0.6) is 0 Å². The molecule has 4 nitrogen and oxygen atoms in total. The maximum Gasteiger partial charge on any atom is 0.267 e. The van der Waals surface area contributed by atoms with E-state index in [1.165, 1.54) is 11.2 Å². The van der Waals surface area contributed by atoms with E-state index in [-0.39, 0.29) is 11.5 Å². The number of carbonyl (C=O) groups is 1. The first-order valence-electron chi connectivity index (χ1n) is 3.57. The first-order chi connectivity index (χ1) is 5.63. The minimum atomic E-state index is -0.342. The molecule has 0 aliphatic carbocycles. The highest BCUT2D eigenvalue weighted by Gasteiger charge is 2.10. The molecule has 0 aromatic rings. The highest BCUT2D eigenvalue weighted by molar-refractivity contribution is 5.96. The second kappa shape index (κ2) is 5.19. The van der Waals surface area contributed by atoms with Crippen molar-refractivity contribution in [1.29, 1.82) is 5.26 Å². The number of hydrogen-bond donors (Lipinski definition) is 0. The third-order valence-electron chi connectivity index (χ3n) is 1.12. The van der Waals surface area contributed by atoms with Crippen LogP contribution < -0.4 is 0 Å². The number of carbonyl (C=O) groups excluding carboxylic acids is 1.